The Morgan fingerprint density at radius 2 is 1.59 bits per heavy atom. The highest BCUT2D eigenvalue weighted by atomic mass is 35.5. The summed E-state index contributed by atoms with van der Waals surface area (Å²) in [5, 5.41) is 22.2. The maximum atomic E-state index is 14.6. The maximum Gasteiger partial charge on any atom is 0.263 e. The zero-order chi connectivity index (χ0) is 31.5. The van der Waals surface area contributed by atoms with E-state index >= 15 is 0 Å². The topological polar surface area (TPSA) is 96.7 Å². The number of rotatable bonds is 6. The molecule has 8 nitrogen and oxygen atoms in total. The second kappa shape index (κ2) is 12.0. The Morgan fingerprint density at radius 3 is 2.16 bits per heavy atom. The summed E-state index contributed by atoms with van der Waals surface area (Å²) in [4.78, 5) is 39.7. The highest BCUT2D eigenvalue weighted by Gasteiger charge is 2.54. The summed E-state index contributed by atoms with van der Waals surface area (Å²) in [5.74, 6) is -0.397. The van der Waals surface area contributed by atoms with Crippen molar-refractivity contribution in [2.45, 2.75) is 82.8 Å². The first-order chi connectivity index (χ1) is 20.9. The first-order valence-electron chi connectivity index (χ1n) is 15.2. The van der Waals surface area contributed by atoms with Crippen molar-refractivity contribution in [2.24, 2.45) is 10.9 Å². The fraction of sp³-hybridized carbons (Fsp3) is 0.485. The summed E-state index contributed by atoms with van der Waals surface area (Å²) < 4.78 is 0. The quantitative estimate of drug-likeness (QED) is 0.422. The lowest BCUT2D eigenvalue weighted by Crippen LogP contribution is -2.50. The van der Waals surface area contributed by atoms with Gasteiger partial charge in [0.05, 0.1) is 18.2 Å². The Morgan fingerprint density at radius 1 is 1.00 bits per heavy atom. The van der Waals surface area contributed by atoms with E-state index in [1.807, 2.05) is 55.5 Å². The van der Waals surface area contributed by atoms with Gasteiger partial charge in [-0.3, -0.25) is 9.59 Å². The number of thioether (sulfide) groups is 1. The van der Waals surface area contributed by atoms with Crippen molar-refractivity contribution in [3.05, 3.63) is 80.3 Å². The minimum Gasteiger partial charge on any atom is -0.388 e. The number of halogens is 2. The number of carbonyl (C=O) groups excluding carboxylic acids is 2. The Kier molecular flexibility index (Phi) is 8.56. The molecule has 2 aromatic rings. The molecule has 0 aromatic heterocycles. The lowest BCUT2D eigenvalue weighted by Gasteiger charge is -2.37. The van der Waals surface area contributed by atoms with Gasteiger partial charge < -0.3 is 24.9 Å². The predicted molar refractivity (Wildman–Crippen MR) is 174 cm³/mol. The van der Waals surface area contributed by atoms with Crippen LogP contribution in [0.25, 0.3) is 0 Å². The van der Waals surface area contributed by atoms with Crippen LogP contribution in [0.1, 0.15) is 64.1 Å². The number of β-amino-alcohol motifs (C(OH)–C–C–N with tert-alkyl or cyclic N) is 2. The second-order valence-corrected chi connectivity index (χ2v) is 14.4. The Labute approximate surface area is 272 Å². The molecule has 0 aliphatic carbocycles. The van der Waals surface area contributed by atoms with Crippen molar-refractivity contribution in [3.8, 4) is 0 Å². The fourth-order valence-electron chi connectivity index (χ4n) is 7.18. The molecule has 11 heteroatoms. The van der Waals surface area contributed by atoms with Crippen LogP contribution in [0.15, 0.2) is 64.1 Å². The number of hydrogen-bond acceptors (Lipinski definition) is 7. The number of likely N-dealkylation sites (tertiary alicyclic amines) is 2. The lowest BCUT2D eigenvalue weighted by atomic mass is 9.81. The number of fused-ring (bicyclic) bond motifs is 1. The van der Waals surface area contributed by atoms with E-state index in [1.54, 1.807) is 4.90 Å². The highest BCUT2D eigenvalue weighted by molar-refractivity contribution is 8.18. The number of amidine groups is 1. The molecule has 4 aliphatic heterocycles. The van der Waals surface area contributed by atoms with Crippen molar-refractivity contribution in [3.63, 3.8) is 0 Å². The van der Waals surface area contributed by atoms with E-state index in [9.17, 15) is 19.8 Å². The standard InChI is InChI=1S/C33H38Cl2N4O4S/c1-5-23-14-15-24(30(42)37-16-25(40)26(41)17-37)38(23)31(43)28-27(18(2)3)39-29(19-6-10-21(34)11-7-19)33(4,36-32(39)44-28)20-8-12-22(35)13-9-20/h6-13,18,23-26,29,40-41H,5,14-17H2,1-4H3/t23-,24-,25-,26+,29-,33+/m1/s1. The van der Waals surface area contributed by atoms with E-state index in [1.165, 1.54) is 16.7 Å². The van der Waals surface area contributed by atoms with Crippen molar-refractivity contribution in [1.82, 2.24) is 14.7 Å². The van der Waals surface area contributed by atoms with Crippen LogP contribution in [0.4, 0.5) is 0 Å². The number of benzene rings is 2. The van der Waals surface area contributed by atoms with Crippen LogP contribution in [0, 0.1) is 5.92 Å². The van der Waals surface area contributed by atoms with Crippen molar-refractivity contribution < 1.29 is 19.8 Å². The van der Waals surface area contributed by atoms with Gasteiger partial charge in [-0.25, -0.2) is 4.99 Å². The van der Waals surface area contributed by atoms with Crippen LogP contribution in [0.2, 0.25) is 10.0 Å². The minimum absolute atomic E-state index is 0.0165. The molecule has 2 amide bonds. The number of aliphatic hydroxyl groups excluding tert-OH is 2. The van der Waals surface area contributed by atoms with E-state index in [2.05, 4.69) is 25.7 Å². The zero-order valence-corrected chi connectivity index (χ0v) is 27.6. The summed E-state index contributed by atoms with van der Waals surface area (Å²) in [6.45, 7) is 8.46. The fourth-order valence-corrected chi connectivity index (χ4v) is 8.78. The SMILES string of the molecule is CC[C@@H]1CC[C@H](C(=O)N2C[C@@H](O)[C@@H](O)C2)N1C(=O)C1=C(C(C)C)N2C(=N[C@@](C)(c3ccc(Cl)cc3)[C@H]2c2ccc(Cl)cc2)S1. The van der Waals surface area contributed by atoms with Gasteiger partial charge in [0.1, 0.15) is 16.5 Å². The third kappa shape index (κ3) is 5.24. The molecule has 0 saturated carbocycles. The molecule has 4 aliphatic rings. The molecule has 234 valence electrons. The van der Waals surface area contributed by atoms with Crippen LogP contribution in [-0.4, -0.2) is 79.3 Å². The number of aliphatic hydroxyl groups is 2. The number of carbonyl (C=O) groups is 2. The van der Waals surface area contributed by atoms with Gasteiger partial charge in [0, 0.05) is 34.9 Å². The van der Waals surface area contributed by atoms with E-state index in [-0.39, 0.29) is 42.9 Å². The first-order valence-corrected chi connectivity index (χ1v) is 16.8. The third-order valence-corrected chi connectivity index (χ3v) is 11.0. The molecule has 6 rings (SSSR count). The van der Waals surface area contributed by atoms with Gasteiger partial charge in [0.15, 0.2) is 5.17 Å². The second-order valence-electron chi connectivity index (χ2n) is 12.6. The van der Waals surface area contributed by atoms with Crippen molar-refractivity contribution >= 4 is 51.9 Å². The lowest BCUT2D eigenvalue weighted by molar-refractivity contribution is -0.142. The summed E-state index contributed by atoms with van der Waals surface area (Å²) in [7, 11) is 0. The average molecular weight is 658 g/mol. The van der Waals surface area contributed by atoms with Gasteiger partial charge in [0.2, 0.25) is 5.91 Å². The van der Waals surface area contributed by atoms with Crippen LogP contribution < -0.4 is 0 Å². The molecule has 0 spiro atoms. The summed E-state index contributed by atoms with van der Waals surface area (Å²) >= 11 is 13.9. The molecular weight excluding hydrogens is 619 g/mol. The van der Waals surface area contributed by atoms with E-state index < -0.39 is 23.8 Å². The normalized spacial score (nSPS) is 30.1. The first kappa shape index (κ1) is 31.4. The van der Waals surface area contributed by atoms with Gasteiger partial charge in [-0.2, -0.15) is 0 Å². The molecule has 0 bridgehead atoms. The average Bonchev–Trinajstić information content (AvgIpc) is 3.74. The zero-order valence-electron chi connectivity index (χ0n) is 25.3. The molecule has 6 atom stereocenters. The van der Waals surface area contributed by atoms with E-state index in [0.29, 0.717) is 21.4 Å². The number of allylic oxidation sites excluding steroid dienone is 1. The van der Waals surface area contributed by atoms with Gasteiger partial charge in [0.25, 0.3) is 5.91 Å². The number of nitrogens with zero attached hydrogens (tertiary/aromatic N) is 4. The predicted octanol–water partition coefficient (Wildman–Crippen LogP) is 5.57. The molecule has 2 N–H and O–H groups in total. The van der Waals surface area contributed by atoms with Crippen LogP contribution in [0.5, 0.6) is 0 Å². The Balaban J connectivity index is 1.41. The summed E-state index contributed by atoms with van der Waals surface area (Å²) in [6, 6.07) is 14.6. The van der Waals surface area contributed by atoms with Gasteiger partial charge in [-0.05, 0) is 79.3 Å². The third-order valence-electron chi connectivity index (χ3n) is 9.43. The van der Waals surface area contributed by atoms with E-state index in [4.69, 9.17) is 28.2 Å². The maximum absolute atomic E-state index is 14.6. The molecule has 0 unspecified atom stereocenters. The van der Waals surface area contributed by atoms with Crippen LogP contribution >= 0.6 is 35.0 Å². The molecule has 44 heavy (non-hydrogen) atoms. The van der Waals surface area contributed by atoms with Crippen LogP contribution in [-0.2, 0) is 15.1 Å². The Bertz CT molecular complexity index is 1500. The highest BCUT2D eigenvalue weighted by Crippen LogP contribution is 2.56. The molecule has 2 fully saturated rings. The molecule has 2 saturated heterocycles. The van der Waals surface area contributed by atoms with E-state index in [0.717, 1.165) is 34.8 Å². The molecule has 0 radical (unpaired) electrons. The van der Waals surface area contributed by atoms with Gasteiger partial charge >= 0.3 is 0 Å². The van der Waals surface area contributed by atoms with Gasteiger partial charge in [-0.15, -0.1) is 0 Å². The number of amides is 2. The minimum atomic E-state index is -0.975. The monoisotopic (exact) mass is 656 g/mol. The smallest absolute Gasteiger partial charge is 0.263 e. The molecule has 2 aromatic carbocycles. The van der Waals surface area contributed by atoms with Gasteiger partial charge in [-0.1, -0.05) is 68.2 Å². The number of hydrogen-bond donors (Lipinski definition) is 2. The number of aliphatic imine (C=N–C) groups is 1. The van der Waals surface area contributed by atoms with Crippen molar-refractivity contribution in [1.29, 1.82) is 0 Å². The van der Waals surface area contributed by atoms with Crippen LogP contribution in [0.3, 0.4) is 0 Å². The Hall–Kier alpha value is -2.56. The molecule has 4 heterocycles. The van der Waals surface area contributed by atoms with Crippen molar-refractivity contribution in [2.75, 3.05) is 13.1 Å². The summed E-state index contributed by atoms with van der Waals surface area (Å²) in [5.41, 5.74) is 2.23. The largest absolute Gasteiger partial charge is 0.388 e. The summed E-state index contributed by atoms with van der Waals surface area (Å²) in [6.07, 6.45) is 0.0452. The molecular formula is C33H38Cl2N4O4S.